The molecular weight excluding hydrogens is 388 g/mol. The Bertz CT molecular complexity index is 1050. The van der Waals surface area contributed by atoms with Crippen molar-refractivity contribution in [1.29, 1.82) is 0 Å². The number of rotatable bonds is 8. The maximum absolute atomic E-state index is 5.87. The van der Waals surface area contributed by atoms with Gasteiger partial charge in [-0.1, -0.05) is 18.9 Å². The topological polar surface area (TPSA) is 51.9 Å². The zero-order valence-electron chi connectivity index (χ0n) is 19.3. The molecule has 1 saturated carbocycles. The molecule has 0 amide bonds. The minimum atomic E-state index is 0.282. The summed E-state index contributed by atoms with van der Waals surface area (Å²) < 4.78 is 13.5. The summed E-state index contributed by atoms with van der Waals surface area (Å²) >= 11 is 0. The van der Waals surface area contributed by atoms with E-state index in [1.54, 1.807) is 7.11 Å². The molecule has 1 atom stereocenters. The molecule has 1 unspecified atom stereocenters. The van der Waals surface area contributed by atoms with Crippen molar-refractivity contribution in [2.24, 2.45) is 5.92 Å². The number of unbranched alkanes of at least 4 members (excludes halogenated alkanes) is 1. The van der Waals surface area contributed by atoms with Crippen LogP contribution < -0.4 is 4.90 Å². The van der Waals surface area contributed by atoms with Crippen LogP contribution in [-0.2, 0) is 22.7 Å². The normalized spacial score (nSPS) is 20.6. The van der Waals surface area contributed by atoms with Gasteiger partial charge >= 0.3 is 0 Å². The van der Waals surface area contributed by atoms with Crippen molar-refractivity contribution in [3.8, 4) is 0 Å². The largest absolute Gasteiger partial charge is 0.497 e. The first-order valence-corrected chi connectivity index (χ1v) is 11.8. The van der Waals surface area contributed by atoms with Crippen molar-refractivity contribution >= 4 is 11.5 Å². The molecule has 0 bridgehead atoms. The number of aryl methyl sites for hydroxylation is 1. The van der Waals surface area contributed by atoms with Crippen LogP contribution in [0.1, 0.15) is 74.4 Å². The zero-order chi connectivity index (χ0) is 21.5. The number of anilines is 1. The maximum Gasteiger partial charge on any atom is 0.161 e. The summed E-state index contributed by atoms with van der Waals surface area (Å²) in [5.41, 5.74) is 6.95. The van der Waals surface area contributed by atoms with Crippen molar-refractivity contribution in [3.05, 3.63) is 46.0 Å². The lowest BCUT2D eigenvalue weighted by Gasteiger charge is -2.27. The van der Waals surface area contributed by atoms with Crippen LogP contribution in [0.3, 0.4) is 0 Å². The second-order valence-electron chi connectivity index (χ2n) is 9.32. The van der Waals surface area contributed by atoms with E-state index in [1.807, 2.05) is 0 Å². The van der Waals surface area contributed by atoms with Crippen LogP contribution in [0.15, 0.2) is 23.5 Å². The fourth-order valence-corrected chi connectivity index (χ4v) is 5.02. The molecule has 0 N–H and O–H groups in total. The van der Waals surface area contributed by atoms with Crippen molar-refractivity contribution in [2.45, 2.75) is 72.0 Å². The Kier molecular flexibility index (Phi) is 5.51. The van der Waals surface area contributed by atoms with E-state index in [0.717, 1.165) is 48.2 Å². The first-order valence-electron chi connectivity index (χ1n) is 11.8. The first kappa shape index (κ1) is 20.6. The molecule has 0 spiro atoms. The molecule has 166 valence electrons. The summed E-state index contributed by atoms with van der Waals surface area (Å²) in [4.78, 5) is 7.69. The van der Waals surface area contributed by atoms with Gasteiger partial charge in [0, 0.05) is 30.1 Å². The monoisotopic (exact) mass is 422 g/mol. The molecule has 6 nitrogen and oxygen atoms in total. The van der Waals surface area contributed by atoms with Crippen molar-refractivity contribution < 1.29 is 9.47 Å². The van der Waals surface area contributed by atoms with Gasteiger partial charge in [0.05, 0.1) is 31.7 Å². The van der Waals surface area contributed by atoms with Gasteiger partial charge in [0.25, 0.3) is 0 Å². The van der Waals surface area contributed by atoms with E-state index in [1.165, 1.54) is 48.2 Å². The molecule has 0 saturated heterocycles. The Hall–Kier alpha value is -2.34. The number of fused-ring (bicyclic) bond motifs is 2. The van der Waals surface area contributed by atoms with Crippen LogP contribution in [0.4, 0.5) is 5.82 Å². The summed E-state index contributed by atoms with van der Waals surface area (Å²) in [5, 5.41) is 5.07. The van der Waals surface area contributed by atoms with Crippen molar-refractivity contribution in [1.82, 2.24) is 14.6 Å². The Morgan fingerprint density at radius 1 is 1.26 bits per heavy atom. The van der Waals surface area contributed by atoms with Gasteiger partial charge in [-0.15, -0.1) is 0 Å². The van der Waals surface area contributed by atoms with Gasteiger partial charge in [-0.05, 0) is 57.6 Å². The van der Waals surface area contributed by atoms with E-state index in [-0.39, 0.29) is 5.92 Å². The molecule has 1 fully saturated rings. The number of hydrogen-bond donors (Lipinski definition) is 0. The molecule has 2 aromatic heterocycles. The predicted molar refractivity (Wildman–Crippen MR) is 122 cm³/mol. The highest BCUT2D eigenvalue weighted by molar-refractivity contribution is 5.64. The average molecular weight is 423 g/mol. The summed E-state index contributed by atoms with van der Waals surface area (Å²) in [5.74, 6) is 3.26. The van der Waals surface area contributed by atoms with Crippen LogP contribution in [0, 0.1) is 12.8 Å². The third kappa shape index (κ3) is 3.75. The summed E-state index contributed by atoms with van der Waals surface area (Å²) in [6, 6.07) is 0. The van der Waals surface area contributed by atoms with Gasteiger partial charge in [0.2, 0.25) is 0 Å². The molecular formula is C25H34N4O2. The summed E-state index contributed by atoms with van der Waals surface area (Å²) in [7, 11) is 1.73. The van der Waals surface area contributed by atoms with Crippen LogP contribution >= 0.6 is 0 Å². The Morgan fingerprint density at radius 3 is 2.81 bits per heavy atom. The van der Waals surface area contributed by atoms with Gasteiger partial charge in [0.15, 0.2) is 5.65 Å². The van der Waals surface area contributed by atoms with Gasteiger partial charge in [-0.3, -0.25) is 0 Å². The first-order chi connectivity index (χ1) is 15.1. The van der Waals surface area contributed by atoms with Gasteiger partial charge < -0.3 is 14.4 Å². The number of hydrogen-bond acceptors (Lipinski definition) is 5. The molecule has 6 heteroatoms. The standard InChI is InChI=1S/C25H34N4O2/c1-5-6-11-28(13-18-7-8-18)25-21-14-31-15-22(21)26-24-23(17(3)27-29(24)25)20-10-9-19(30-4)12-16(20)2/h9,12,18,20H,5-8,10-11,13-15H2,1-4H3. The minimum Gasteiger partial charge on any atom is -0.497 e. The lowest BCUT2D eigenvalue weighted by Crippen LogP contribution is -2.30. The molecule has 1 aliphatic heterocycles. The van der Waals surface area contributed by atoms with E-state index >= 15 is 0 Å². The summed E-state index contributed by atoms with van der Waals surface area (Å²) in [6.07, 6.45) is 10.3. The number of methoxy groups -OCH3 is 1. The average Bonchev–Trinajstić information content (AvgIpc) is 3.36. The van der Waals surface area contributed by atoms with Gasteiger partial charge in [-0.2, -0.15) is 9.61 Å². The third-order valence-corrected chi connectivity index (χ3v) is 6.94. The van der Waals surface area contributed by atoms with E-state index in [0.29, 0.717) is 13.2 Å². The Labute approximate surface area is 184 Å². The quantitative estimate of drug-likeness (QED) is 0.596. The van der Waals surface area contributed by atoms with Gasteiger partial charge in [-0.25, -0.2) is 4.98 Å². The molecule has 5 rings (SSSR count). The predicted octanol–water partition coefficient (Wildman–Crippen LogP) is 5.05. The van der Waals surface area contributed by atoms with E-state index in [2.05, 4.69) is 42.3 Å². The minimum absolute atomic E-state index is 0.282. The number of aromatic nitrogens is 3. The van der Waals surface area contributed by atoms with Crippen LogP contribution in [0.5, 0.6) is 0 Å². The smallest absolute Gasteiger partial charge is 0.161 e. The molecule has 2 aromatic rings. The van der Waals surface area contributed by atoms with E-state index in [9.17, 15) is 0 Å². The third-order valence-electron chi connectivity index (χ3n) is 6.94. The Balaban J connectivity index is 1.64. The number of allylic oxidation sites excluding steroid dienone is 3. The van der Waals surface area contributed by atoms with Crippen molar-refractivity contribution in [2.75, 3.05) is 25.1 Å². The van der Waals surface area contributed by atoms with Crippen LogP contribution in [0.25, 0.3) is 5.65 Å². The second-order valence-corrected chi connectivity index (χ2v) is 9.32. The molecule has 3 heterocycles. The van der Waals surface area contributed by atoms with Crippen molar-refractivity contribution in [3.63, 3.8) is 0 Å². The lowest BCUT2D eigenvalue weighted by molar-refractivity contribution is 0.133. The van der Waals surface area contributed by atoms with E-state index in [4.69, 9.17) is 19.6 Å². The molecule has 3 aliphatic rings. The highest BCUT2D eigenvalue weighted by Crippen LogP contribution is 2.40. The highest BCUT2D eigenvalue weighted by Gasteiger charge is 2.32. The molecule has 0 radical (unpaired) electrons. The maximum atomic E-state index is 5.87. The molecule has 31 heavy (non-hydrogen) atoms. The second kappa shape index (κ2) is 8.30. The fourth-order valence-electron chi connectivity index (χ4n) is 5.02. The number of ether oxygens (including phenoxy) is 2. The van der Waals surface area contributed by atoms with Crippen LogP contribution in [0.2, 0.25) is 0 Å². The SMILES string of the molecule is CCCCN(CC1CC1)c1c2c(nc3c(C4CC=C(OC)C=C4C)c(C)nn13)COC2. The van der Waals surface area contributed by atoms with E-state index < -0.39 is 0 Å². The highest BCUT2D eigenvalue weighted by atomic mass is 16.5. The van der Waals surface area contributed by atoms with Crippen LogP contribution in [-0.4, -0.2) is 34.8 Å². The summed E-state index contributed by atoms with van der Waals surface area (Å²) in [6.45, 7) is 10.0. The molecule has 0 aromatic carbocycles. The lowest BCUT2D eigenvalue weighted by atomic mass is 9.85. The zero-order valence-corrected chi connectivity index (χ0v) is 19.3. The molecule has 2 aliphatic carbocycles. The fraction of sp³-hybridized carbons (Fsp3) is 0.600. The van der Waals surface area contributed by atoms with Gasteiger partial charge in [0.1, 0.15) is 11.6 Å². The Morgan fingerprint density at radius 2 is 2.10 bits per heavy atom. The number of nitrogens with zero attached hydrogens (tertiary/aromatic N) is 4.